The predicted molar refractivity (Wildman–Crippen MR) is 172 cm³/mol. The molecule has 3 saturated heterocycles. The number of nitrogens with two attached hydrogens (primary N) is 1. The van der Waals surface area contributed by atoms with Crippen LogP contribution in [0.2, 0.25) is 0 Å². The van der Waals surface area contributed by atoms with Gasteiger partial charge in [-0.3, -0.25) is 9.69 Å². The van der Waals surface area contributed by atoms with Gasteiger partial charge in [0.15, 0.2) is 11.6 Å². The molecule has 3 atom stereocenters. The van der Waals surface area contributed by atoms with Crippen LogP contribution in [0.3, 0.4) is 0 Å². The minimum Gasteiger partial charge on any atom is -0.338 e. The highest BCUT2D eigenvalue weighted by Gasteiger charge is 2.44. The number of hydrogen-bond acceptors (Lipinski definition) is 5. The number of hydrogen-bond donors (Lipinski definition) is 1. The first kappa shape index (κ1) is 31.0. The zero-order valence-corrected chi connectivity index (χ0v) is 26.7. The summed E-state index contributed by atoms with van der Waals surface area (Å²) in [4.78, 5) is 21.8. The number of sulfonamides is 1. The quantitative estimate of drug-likeness (QED) is 0.277. The number of aryl methyl sites for hydroxylation is 1. The highest BCUT2D eigenvalue weighted by atomic mass is 32.2. The summed E-state index contributed by atoms with van der Waals surface area (Å²) in [7, 11) is -4.32. The van der Waals surface area contributed by atoms with Crippen molar-refractivity contribution in [2.24, 2.45) is 5.14 Å². The van der Waals surface area contributed by atoms with E-state index in [1.165, 1.54) is 28.8 Å². The van der Waals surface area contributed by atoms with Gasteiger partial charge in [-0.05, 0) is 93.7 Å². The SMILES string of the molecule is Cc1nc2ccccc2n1C1C[C@H]2CC[C@@H](C1)N2CCC1(c2ccccc2)CCN(C(=O)c2cc(S(N)(=O)=O)cc(F)c2F)CC1. The highest BCUT2D eigenvalue weighted by molar-refractivity contribution is 7.89. The molecule has 2 bridgehead atoms. The zero-order chi connectivity index (χ0) is 32.2. The van der Waals surface area contributed by atoms with E-state index < -0.39 is 38.0 Å². The number of imidazole rings is 1. The number of halogens is 2. The smallest absolute Gasteiger partial charge is 0.256 e. The number of fused-ring (bicyclic) bond motifs is 3. The van der Waals surface area contributed by atoms with Crippen molar-refractivity contribution in [2.75, 3.05) is 19.6 Å². The number of para-hydroxylation sites is 2. The fourth-order valence-electron chi connectivity index (χ4n) is 8.46. The molecular formula is C35H39F2N5O3S. The van der Waals surface area contributed by atoms with Crippen LogP contribution in [0.5, 0.6) is 0 Å². The van der Waals surface area contributed by atoms with Crippen LogP contribution in [0.4, 0.5) is 8.78 Å². The summed E-state index contributed by atoms with van der Waals surface area (Å²) in [5.74, 6) is -2.44. The lowest BCUT2D eigenvalue weighted by atomic mass is 9.70. The lowest BCUT2D eigenvalue weighted by Crippen LogP contribution is -2.49. The van der Waals surface area contributed by atoms with E-state index in [1.54, 1.807) is 0 Å². The van der Waals surface area contributed by atoms with Crippen molar-refractivity contribution in [3.8, 4) is 0 Å². The molecular weight excluding hydrogens is 608 g/mol. The molecule has 4 heterocycles. The number of primary sulfonamides is 1. The second-order valence-corrected chi connectivity index (χ2v) is 14.8. The molecule has 11 heteroatoms. The molecule has 3 aliphatic rings. The van der Waals surface area contributed by atoms with Crippen LogP contribution in [-0.2, 0) is 15.4 Å². The van der Waals surface area contributed by atoms with Gasteiger partial charge in [0.05, 0.1) is 21.5 Å². The number of likely N-dealkylation sites (tertiary alicyclic amines) is 1. The number of aromatic nitrogens is 2. The van der Waals surface area contributed by atoms with E-state index in [4.69, 9.17) is 10.1 Å². The summed E-state index contributed by atoms with van der Waals surface area (Å²) in [5.41, 5.74) is 2.68. The summed E-state index contributed by atoms with van der Waals surface area (Å²) < 4.78 is 55.2. The number of amides is 1. The Morgan fingerprint density at radius 2 is 1.61 bits per heavy atom. The van der Waals surface area contributed by atoms with Gasteiger partial charge in [0.25, 0.3) is 5.91 Å². The number of piperidine rings is 2. The van der Waals surface area contributed by atoms with Crippen molar-refractivity contribution in [2.45, 2.75) is 80.3 Å². The van der Waals surface area contributed by atoms with Crippen molar-refractivity contribution in [3.63, 3.8) is 0 Å². The zero-order valence-electron chi connectivity index (χ0n) is 25.9. The maximum Gasteiger partial charge on any atom is 0.256 e. The molecule has 4 aromatic rings. The normalized spacial score (nSPS) is 23.2. The van der Waals surface area contributed by atoms with Crippen LogP contribution in [0, 0.1) is 18.6 Å². The van der Waals surface area contributed by atoms with Gasteiger partial charge in [-0.15, -0.1) is 0 Å². The molecule has 3 fully saturated rings. The summed E-state index contributed by atoms with van der Waals surface area (Å²) in [6.45, 7) is 3.74. The Hall–Kier alpha value is -3.67. The van der Waals surface area contributed by atoms with Crippen molar-refractivity contribution >= 4 is 27.0 Å². The molecule has 0 aliphatic carbocycles. The Labute approximate surface area is 268 Å². The molecule has 0 spiro atoms. The third-order valence-electron chi connectivity index (χ3n) is 10.8. The maximum atomic E-state index is 14.7. The Bertz CT molecular complexity index is 1870. The molecule has 1 amide bonds. The van der Waals surface area contributed by atoms with Gasteiger partial charge in [-0.2, -0.15) is 0 Å². The van der Waals surface area contributed by atoms with Crippen molar-refractivity contribution < 1.29 is 22.0 Å². The van der Waals surface area contributed by atoms with Crippen molar-refractivity contribution in [1.82, 2.24) is 19.4 Å². The van der Waals surface area contributed by atoms with Crippen molar-refractivity contribution in [1.29, 1.82) is 0 Å². The molecule has 46 heavy (non-hydrogen) atoms. The minimum atomic E-state index is -4.32. The van der Waals surface area contributed by atoms with E-state index in [-0.39, 0.29) is 5.41 Å². The molecule has 2 N–H and O–H groups in total. The van der Waals surface area contributed by atoms with E-state index in [1.807, 2.05) is 24.3 Å². The van der Waals surface area contributed by atoms with Gasteiger partial charge < -0.3 is 9.47 Å². The van der Waals surface area contributed by atoms with Gasteiger partial charge in [0.2, 0.25) is 10.0 Å². The maximum absolute atomic E-state index is 14.7. The molecule has 3 aromatic carbocycles. The van der Waals surface area contributed by atoms with Gasteiger partial charge in [0, 0.05) is 31.2 Å². The van der Waals surface area contributed by atoms with Gasteiger partial charge in [-0.25, -0.2) is 27.3 Å². The number of carbonyl (C=O) groups is 1. The van der Waals surface area contributed by atoms with Crippen LogP contribution >= 0.6 is 0 Å². The van der Waals surface area contributed by atoms with Crippen LogP contribution < -0.4 is 5.14 Å². The first-order valence-corrected chi connectivity index (χ1v) is 17.6. The highest BCUT2D eigenvalue weighted by Crippen LogP contribution is 2.45. The van der Waals surface area contributed by atoms with Crippen LogP contribution in [0.15, 0.2) is 71.6 Å². The number of benzene rings is 3. The first-order chi connectivity index (χ1) is 22.0. The second-order valence-electron chi connectivity index (χ2n) is 13.3. The summed E-state index contributed by atoms with van der Waals surface area (Å²) in [6, 6.07) is 21.5. The summed E-state index contributed by atoms with van der Waals surface area (Å²) in [5, 5.41) is 5.15. The van der Waals surface area contributed by atoms with E-state index in [0.717, 1.165) is 43.2 Å². The standard InChI is InChI=1S/C35H39F2N5O3S/c1-23-39-31-9-5-6-10-32(31)42(23)27-19-25-11-12-26(20-27)41(25)18-15-35(24-7-3-2-4-8-24)13-16-40(17-14-35)34(43)29-21-28(46(38,44)45)22-30(36)33(29)37/h2-10,21-22,25-27H,11-20H2,1H3,(H2,38,44,45)/t25-,26+,27?. The van der Waals surface area contributed by atoms with Gasteiger partial charge in [-0.1, -0.05) is 42.5 Å². The molecule has 0 saturated carbocycles. The van der Waals surface area contributed by atoms with E-state index in [9.17, 15) is 22.0 Å². The number of rotatable bonds is 7. The first-order valence-electron chi connectivity index (χ1n) is 16.1. The van der Waals surface area contributed by atoms with E-state index in [0.29, 0.717) is 50.1 Å². The Kier molecular flexibility index (Phi) is 7.97. The fraction of sp³-hybridized carbons (Fsp3) is 0.429. The van der Waals surface area contributed by atoms with Crippen LogP contribution in [0.25, 0.3) is 11.0 Å². The molecule has 8 nitrogen and oxygen atoms in total. The minimum absolute atomic E-state index is 0.183. The second kappa shape index (κ2) is 11.8. The average Bonchev–Trinajstić information content (AvgIpc) is 3.51. The number of nitrogens with zero attached hydrogens (tertiary/aromatic N) is 4. The number of carbonyl (C=O) groups excluding carboxylic acids is 1. The Morgan fingerprint density at radius 3 is 2.28 bits per heavy atom. The van der Waals surface area contributed by atoms with Crippen LogP contribution in [0.1, 0.15) is 72.7 Å². The molecule has 1 aromatic heterocycles. The fourth-order valence-corrected chi connectivity index (χ4v) is 9.01. The van der Waals surface area contributed by atoms with E-state index >= 15 is 0 Å². The van der Waals surface area contributed by atoms with Crippen LogP contribution in [-0.4, -0.2) is 65.4 Å². The van der Waals surface area contributed by atoms with E-state index in [2.05, 4.69) is 46.7 Å². The largest absolute Gasteiger partial charge is 0.338 e. The molecule has 3 aliphatic heterocycles. The Balaban J connectivity index is 1.08. The average molecular weight is 648 g/mol. The monoisotopic (exact) mass is 647 g/mol. The molecule has 242 valence electrons. The topological polar surface area (TPSA) is 102 Å². The lowest BCUT2D eigenvalue weighted by molar-refractivity contribution is 0.0602. The molecule has 1 unspecified atom stereocenters. The Morgan fingerprint density at radius 1 is 0.957 bits per heavy atom. The summed E-state index contributed by atoms with van der Waals surface area (Å²) in [6.07, 6.45) is 6.81. The van der Waals surface area contributed by atoms with Gasteiger partial charge >= 0.3 is 0 Å². The van der Waals surface area contributed by atoms with Crippen molar-refractivity contribution in [3.05, 3.63) is 95.3 Å². The molecule has 0 radical (unpaired) electrons. The molecule has 7 rings (SSSR count). The van der Waals surface area contributed by atoms with Gasteiger partial charge in [0.1, 0.15) is 5.82 Å². The third kappa shape index (κ3) is 5.52. The predicted octanol–water partition coefficient (Wildman–Crippen LogP) is 5.70. The summed E-state index contributed by atoms with van der Waals surface area (Å²) >= 11 is 0. The lowest BCUT2D eigenvalue weighted by Gasteiger charge is -2.45. The third-order valence-corrected chi connectivity index (χ3v) is 11.7.